The number of methoxy groups -OCH3 is 2. The van der Waals surface area contributed by atoms with Crippen molar-refractivity contribution >= 4 is 5.91 Å². The van der Waals surface area contributed by atoms with Crippen LogP contribution in [0.2, 0.25) is 0 Å². The second-order valence-corrected chi connectivity index (χ2v) is 8.33. The highest BCUT2D eigenvalue weighted by molar-refractivity contribution is 5.79. The van der Waals surface area contributed by atoms with Gasteiger partial charge in [0.2, 0.25) is 11.8 Å². The number of aromatic nitrogens is 2. The Labute approximate surface area is 193 Å². The number of amides is 1. The van der Waals surface area contributed by atoms with Crippen LogP contribution in [0.1, 0.15) is 54.6 Å². The van der Waals surface area contributed by atoms with E-state index in [-0.39, 0.29) is 18.5 Å². The van der Waals surface area contributed by atoms with E-state index in [0.29, 0.717) is 11.7 Å². The fourth-order valence-electron chi connectivity index (χ4n) is 4.36. The number of benzene rings is 2. The molecule has 8 nitrogen and oxygen atoms in total. The van der Waals surface area contributed by atoms with Gasteiger partial charge in [0.05, 0.1) is 32.3 Å². The maximum absolute atomic E-state index is 13.1. The molecule has 0 saturated heterocycles. The maximum Gasteiger partial charge on any atom is 0.234 e. The van der Waals surface area contributed by atoms with E-state index >= 15 is 0 Å². The third-order valence-electron chi connectivity index (χ3n) is 6.20. The van der Waals surface area contributed by atoms with Gasteiger partial charge in [-0.2, -0.15) is 4.98 Å². The van der Waals surface area contributed by atoms with Crippen LogP contribution in [-0.4, -0.2) is 36.8 Å². The van der Waals surface area contributed by atoms with Gasteiger partial charge >= 0.3 is 0 Å². The lowest BCUT2D eigenvalue weighted by Crippen LogP contribution is -2.46. The van der Waals surface area contributed by atoms with Gasteiger partial charge in [-0.05, 0) is 48.2 Å². The predicted octanol–water partition coefficient (Wildman–Crippen LogP) is 3.66. The lowest BCUT2D eigenvalue weighted by Gasteiger charge is -2.27. The molecule has 2 aromatic carbocycles. The largest absolute Gasteiger partial charge is 0.497 e. The van der Waals surface area contributed by atoms with Gasteiger partial charge in [-0.25, -0.2) is 0 Å². The molecule has 33 heavy (non-hydrogen) atoms. The molecular formula is C25H30N4O4. The van der Waals surface area contributed by atoms with Crippen molar-refractivity contribution in [2.75, 3.05) is 20.8 Å². The summed E-state index contributed by atoms with van der Waals surface area (Å²) in [6, 6.07) is 15.1. The van der Waals surface area contributed by atoms with Gasteiger partial charge < -0.3 is 19.3 Å². The average molecular weight is 451 g/mol. The zero-order valence-electron chi connectivity index (χ0n) is 19.3. The third-order valence-corrected chi connectivity index (χ3v) is 6.20. The molecule has 1 aliphatic carbocycles. The highest BCUT2D eigenvalue weighted by atomic mass is 16.5. The highest BCUT2D eigenvalue weighted by Gasteiger charge is 2.40. The minimum atomic E-state index is -0.426. The van der Waals surface area contributed by atoms with E-state index in [0.717, 1.165) is 48.3 Å². The summed E-state index contributed by atoms with van der Waals surface area (Å²) in [6.45, 7) is 1.93. The smallest absolute Gasteiger partial charge is 0.234 e. The van der Waals surface area contributed by atoms with Crippen molar-refractivity contribution in [3.63, 3.8) is 0 Å². The molecule has 0 radical (unpaired) electrons. The standard InChI is InChI=1S/C25H30N4O4/c1-17-27-24(29-33-17)25(14-4-5-15-25)26-16-22(30)28-23(18-6-10-20(31-2)11-7-18)19-8-12-21(32-3)13-9-19/h6-13,23,26H,4-5,14-16H2,1-3H3,(H,28,30). The summed E-state index contributed by atoms with van der Waals surface area (Å²) in [4.78, 5) is 17.5. The number of carbonyl (C=O) groups is 1. The summed E-state index contributed by atoms with van der Waals surface area (Å²) >= 11 is 0. The normalized spacial score (nSPS) is 14.9. The van der Waals surface area contributed by atoms with Crippen molar-refractivity contribution in [3.05, 3.63) is 71.4 Å². The van der Waals surface area contributed by atoms with Crippen molar-refractivity contribution in [1.29, 1.82) is 0 Å². The van der Waals surface area contributed by atoms with Gasteiger partial charge in [0.25, 0.3) is 0 Å². The second-order valence-electron chi connectivity index (χ2n) is 8.33. The summed E-state index contributed by atoms with van der Waals surface area (Å²) in [5.74, 6) is 2.57. The quantitative estimate of drug-likeness (QED) is 0.513. The van der Waals surface area contributed by atoms with Gasteiger partial charge in [-0.3, -0.25) is 10.1 Å². The Morgan fingerprint density at radius 1 is 1.00 bits per heavy atom. The summed E-state index contributed by atoms with van der Waals surface area (Å²) in [5.41, 5.74) is 1.49. The Bertz CT molecular complexity index is 1010. The van der Waals surface area contributed by atoms with Crippen molar-refractivity contribution in [1.82, 2.24) is 20.8 Å². The fraction of sp³-hybridized carbons (Fsp3) is 0.400. The number of rotatable bonds is 9. The van der Waals surface area contributed by atoms with Crippen molar-refractivity contribution in [3.8, 4) is 11.5 Å². The molecule has 174 valence electrons. The molecule has 0 aliphatic heterocycles. The van der Waals surface area contributed by atoms with Crippen LogP contribution >= 0.6 is 0 Å². The Morgan fingerprint density at radius 2 is 1.55 bits per heavy atom. The molecule has 3 aromatic rings. The molecule has 1 aromatic heterocycles. The molecule has 0 atom stereocenters. The predicted molar refractivity (Wildman–Crippen MR) is 123 cm³/mol. The molecule has 0 spiro atoms. The first kappa shape index (κ1) is 22.8. The number of nitrogens with one attached hydrogen (secondary N) is 2. The van der Waals surface area contributed by atoms with Gasteiger partial charge in [-0.1, -0.05) is 42.3 Å². The van der Waals surface area contributed by atoms with Crippen LogP contribution in [-0.2, 0) is 10.3 Å². The zero-order valence-corrected chi connectivity index (χ0v) is 19.3. The van der Waals surface area contributed by atoms with E-state index in [1.165, 1.54) is 0 Å². The van der Waals surface area contributed by atoms with Gasteiger partial charge in [0, 0.05) is 6.92 Å². The average Bonchev–Trinajstić information content (AvgIpc) is 3.51. The Morgan fingerprint density at radius 3 is 2.00 bits per heavy atom. The third kappa shape index (κ3) is 5.17. The van der Waals surface area contributed by atoms with Crippen LogP contribution in [0.5, 0.6) is 11.5 Å². The second kappa shape index (κ2) is 10.0. The topological polar surface area (TPSA) is 98.5 Å². The first-order chi connectivity index (χ1) is 16.0. The monoisotopic (exact) mass is 450 g/mol. The number of hydrogen-bond donors (Lipinski definition) is 2. The van der Waals surface area contributed by atoms with E-state index in [2.05, 4.69) is 20.8 Å². The SMILES string of the molecule is COc1ccc(C(NC(=O)CNC2(c3noc(C)n3)CCCC2)c2ccc(OC)cc2)cc1. The molecule has 4 rings (SSSR count). The molecule has 1 fully saturated rings. The number of carbonyl (C=O) groups excluding carboxylic acids is 1. The summed E-state index contributed by atoms with van der Waals surface area (Å²) < 4.78 is 15.8. The highest BCUT2D eigenvalue weighted by Crippen LogP contribution is 2.37. The summed E-state index contributed by atoms with van der Waals surface area (Å²) in [6.07, 6.45) is 3.87. The summed E-state index contributed by atoms with van der Waals surface area (Å²) in [7, 11) is 3.26. The Balaban J connectivity index is 1.51. The molecular weight excluding hydrogens is 420 g/mol. The maximum atomic E-state index is 13.1. The van der Waals surface area contributed by atoms with Crippen LogP contribution in [0.3, 0.4) is 0 Å². The van der Waals surface area contributed by atoms with E-state index in [1.54, 1.807) is 21.1 Å². The minimum Gasteiger partial charge on any atom is -0.497 e. The van der Waals surface area contributed by atoms with Crippen molar-refractivity contribution < 1.29 is 18.8 Å². The van der Waals surface area contributed by atoms with Crippen LogP contribution < -0.4 is 20.1 Å². The zero-order chi connectivity index (χ0) is 23.3. The van der Waals surface area contributed by atoms with Gasteiger partial charge in [0.15, 0.2) is 5.82 Å². The number of aryl methyl sites for hydroxylation is 1. The first-order valence-corrected chi connectivity index (χ1v) is 11.2. The first-order valence-electron chi connectivity index (χ1n) is 11.2. The fourth-order valence-corrected chi connectivity index (χ4v) is 4.36. The number of ether oxygens (including phenoxy) is 2. The molecule has 0 unspecified atom stereocenters. The van der Waals surface area contributed by atoms with Crippen LogP contribution in [0, 0.1) is 6.92 Å². The Hall–Kier alpha value is -3.39. The van der Waals surface area contributed by atoms with Crippen molar-refractivity contribution in [2.45, 2.75) is 44.2 Å². The Kier molecular flexibility index (Phi) is 6.93. The number of nitrogens with zero attached hydrogens (tertiary/aromatic N) is 2. The van der Waals surface area contributed by atoms with Crippen molar-refractivity contribution in [2.24, 2.45) is 0 Å². The lowest BCUT2D eigenvalue weighted by molar-refractivity contribution is -0.121. The number of hydrogen-bond acceptors (Lipinski definition) is 7. The van der Waals surface area contributed by atoms with Gasteiger partial charge in [-0.15, -0.1) is 0 Å². The van der Waals surface area contributed by atoms with Crippen LogP contribution in [0.4, 0.5) is 0 Å². The van der Waals surface area contributed by atoms with E-state index in [4.69, 9.17) is 14.0 Å². The minimum absolute atomic E-state index is 0.113. The molecule has 8 heteroatoms. The van der Waals surface area contributed by atoms with Gasteiger partial charge in [0.1, 0.15) is 11.5 Å². The van der Waals surface area contributed by atoms with E-state index in [1.807, 2.05) is 48.5 Å². The molecule has 1 saturated carbocycles. The lowest BCUT2D eigenvalue weighted by atomic mass is 9.96. The van der Waals surface area contributed by atoms with Crippen LogP contribution in [0.15, 0.2) is 53.1 Å². The molecule has 1 heterocycles. The molecule has 1 aliphatic rings. The molecule has 1 amide bonds. The molecule has 2 N–H and O–H groups in total. The van der Waals surface area contributed by atoms with Crippen LogP contribution in [0.25, 0.3) is 0 Å². The molecule has 0 bridgehead atoms. The van der Waals surface area contributed by atoms with E-state index in [9.17, 15) is 4.79 Å². The van der Waals surface area contributed by atoms with E-state index < -0.39 is 5.54 Å². The summed E-state index contributed by atoms with van der Waals surface area (Å²) in [5, 5.41) is 10.7.